The molecule has 3 aromatic carbocycles. The van der Waals surface area contributed by atoms with Crippen LogP contribution in [0.3, 0.4) is 0 Å². The number of benzene rings is 3. The number of anilines is 1. The van der Waals surface area contributed by atoms with E-state index in [1.165, 1.54) is 48.5 Å². The monoisotopic (exact) mass is 598 g/mol. The molecule has 6 atom stereocenters. The van der Waals surface area contributed by atoms with Crippen LogP contribution in [0.15, 0.2) is 78.9 Å². The molecule has 11 heteroatoms. The lowest BCUT2D eigenvalue weighted by Gasteiger charge is -2.37. The van der Waals surface area contributed by atoms with E-state index in [-0.39, 0.29) is 62.7 Å². The first-order valence-electron chi connectivity index (χ1n) is 13.8. The lowest BCUT2D eigenvalue weighted by Crippen LogP contribution is -2.40. The molecule has 5 aliphatic rings. The molecular weight excluding hydrogens is 576 g/mol. The number of amides is 2. The number of nitro groups is 1. The van der Waals surface area contributed by atoms with E-state index in [4.69, 9.17) is 21.1 Å². The molecule has 0 unspecified atom stereocenters. The first-order chi connectivity index (χ1) is 20.7. The van der Waals surface area contributed by atoms with E-state index in [1.807, 2.05) is 0 Å². The van der Waals surface area contributed by atoms with Gasteiger partial charge in [0, 0.05) is 11.6 Å². The van der Waals surface area contributed by atoms with Crippen LogP contribution in [0.25, 0.3) is 0 Å². The van der Waals surface area contributed by atoms with Crippen LogP contribution < -0.4 is 9.64 Å². The van der Waals surface area contributed by atoms with Crippen LogP contribution in [0.5, 0.6) is 11.5 Å². The van der Waals surface area contributed by atoms with Crippen molar-refractivity contribution in [3.05, 3.63) is 105 Å². The molecule has 1 aliphatic heterocycles. The summed E-state index contributed by atoms with van der Waals surface area (Å²) in [6.07, 6.45) is 5.21. The molecule has 4 aliphatic carbocycles. The summed E-state index contributed by atoms with van der Waals surface area (Å²) in [5, 5.41) is 11.4. The number of hydrogen-bond donors (Lipinski definition) is 0. The van der Waals surface area contributed by atoms with E-state index < -0.39 is 35.1 Å². The Morgan fingerprint density at radius 1 is 0.907 bits per heavy atom. The molecule has 0 radical (unpaired) electrons. The van der Waals surface area contributed by atoms with Crippen molar-refractivity contribution in [3.63, 3.8) is 0 Å². The van der Waals surface area contributed by atoms with Gasteiger partial charge in [-0.3, -0.25) is 24.5 Å². The molecule has 3 aromatic rings. The fourth-order valence-corrected chi connectivity index (χ4v) is 7.10. The largest absolute Gasteiger partial charge is 0.454 e. The lowest BCUT2D eigenvalue weighted by molar-refractivity contribution is -0.385. The van der Waals surface area contributed by atoms with Crippen LogP contribution in [-0.2, 0) is 14.3 Å². The number of esters is 1. The molecule has 2 saturated carbocycles. The van der Waals surface area contributed by atoms with E-state index in [0.717, 1.165) is 11.3 Å². The minimum absolute atomic E-state index is 0.0196. The van der Waals surface area contributed by atoms with Crippen molar-refractivity contribution < 1.29 is 33.6 Å². The summed E-state index contributed by atoms with van der Waals surface area (Å²) in [6.45, 7) is -0.589. The maximum atomic E-state index is 13.6. The Hall–Kier alpha value is -4.83. The third-order valence-corrected chi connectivity index (χ3v) is 9.20. The highest BCUT2D eigenvalue weighted by atomic mass is 35.5. The molecule has 0 aromatic heterocycles. The number of ether oxygens (including phenoxy) is 2. The Labute approximate surface area is 250 Å². The van der Waals surface area contributed by atoms with Crippen molar-refractivity contribution in [1.29, 1.82) is 0 Å². The topological polar surface area (TPSA) is 133 Å². The van der Waals surface area contributed by atoms with Crippen molar-refractivity contribution in [3.8, 4) is 11.5 Å². The first-order valence-corrected chi connectivity index (χ1v) is 14.2. The van der Waals surface area contributed by atoms with Gasteiger partial charge in [0.15, 0.2) is 12.4 Å². The average Bonchev–Trinajstić information content (AvgIpc) is 3.79. The molecule has 3 fully saturated rings. The van der Waals surface area contributed by atoms with Crippen LogP contribution in [0, 0.1) is 45.6 Å². The second kappa shape index (κ2) is 10.2. The zero-order valence-electron chi connectivity index (χ0n) is 22.4. The molecule has 1 heterocycles. The van der Waals surface area contributed by atoms with E-state index in [1.54, 1.807) is 18.2 Å². The predicted octanol–water partition coefficient (Wildman–Crippen LogP) is 5.64. The Kier molecular flexibility index (Phi) is 6.39. The van der Waals surface area contributed by atoms with E-state index in [9.17, 15) is 29.3 Å². The number of carbonyl (C=O) groups is 4. The molecule has 2 bridgehead atoms. The van der Waals surface area contributed by atoms with Gasteiger partial charge in [0.2, 0.25) is 17.6 Å². The number of para-hydroxylation sites is 2. The van der Waals surface area contributed by atoms with Crippen LogP contribution in [0.1, 0.15) is 27.1 Å². The van der Waals surface area contributed by atoms with Crippen molar-refractivity contribution in [2.75, 3.05) is 11.5 Å². The van der Waals surface area contributed by atoms with Gasteiger partial charge >= 0.3 is 11.7 Å². The summed E-state index contributed by atoms with van der Waals surface area (Å²) in [6, 6.07) is 16.1. The van der Waals surface area contributed by atoms with Gasteiger partial charge in [-0.1, -0.05) is 42.0 Å². The molecule has 0 N–H and O–H groups in total. The van der Waals surface area contributed by atoms with Crippen LogP contribution in [0.4, 0.5) is 11.4 Å². The van der Waals surface area contributed by atoms with Crippen LogP contribution in [0.2, 0.25) is 5.02 Å². The van der Waals surface area contributed by atoms with E-state index >= 15 is 0 Å². The fraction of sp³-hybridized carbons (Fsp3) is 0.250. The standard InChI is InChI=1S/C32H23ClN2O8/c33-23-5-3-7-25(35(40)41)29(23)43-17-10-8-16(9-11-17)26(36)15-42-32(39)20-4-1-2-6-24(20)34-30(37)27-18-12-13-19(22-14-21(18)22)28(27)31(34)38/h1-13,18-19,21-22,27-28H,14-15H2/t18-,19+,21-,22-,27+,28+/m1/s1. The molecule has 0 spiro atoms. The molecule has 1 saturated heterocycles. The van der Waals surface area contributed by atoms with Gasteiger partial charge < -0.3 is 9.47 Å². The number of allylic oxidation sites excluding steroid dienone is 2. The molecule has 43 heavy (non-hydrogen) atoms. The quantitative estimate of drug-likeness (QED) is 0.0812. The number of imide groups is 1. The third kappa shape index (κ3) is 4.40. The number of nitro benzene ring substituents is 1. The number of nitrogens with zero attached hydrogens (tertiary/aromatic N) is 2. The van der Waals surface area contributed by atoms with Crippen molar-refractivity contribution >= 4 is 46.5 Å². The number of hydrogen-bond acceptors (Lipinski definition) is 8. The number of rotatable bonds is 8. The maximum Gasteiger partial charge on any atom is 0.340 e. The zero-order chi connectivity index (χ0) is 30.0. The van der Waals surface area contributed by atoms with Gasteiger partial charge in [-0.05, 0) is 72.6 Å². The smallest absolute Gasteiger partial charge is 0.340 e. The number of Topliss-reactive ketones (excluding diaryl/α,β-unsaturated/α-hetero) is 1. The SMILES string of the molecule is O=C(COC(=O)c1ccccc1N1C(=O)[C@H]2[C@@H]3C=C[C@@H]([C@H]4C[C@H]34)[C@@H]2C1=O)c1ccc(Oc2c(Cl)cccc2[N+](=O)[O-])cc1. The van der Waals surface area contributed by atoms with Crippen molar-refractivity contribution in [2.24, 2.45) is 35.5 Å². The summed E-state index contributed by atoms with van der Waals surface area (Å²) in [5.74, 6) is -1.66. The average molecular weight is 599 g/mol. The molecule has 8 rings (SSSR count). The van der Waals surface area contributed by atoms with Gasteiger partial charge in [-0.15, -0.1) is 0 Å². The zero-order valence-corrected chi connectivity index (χ0v) is 23.2. The summed E-state index contributed by atoms with van der Waals surface area (Å²) in [5.41, 5.74) is 0.0768. The number of carbonyl (C=O) groups excluding carboxylic acids is 4. The highest BCUT2D eigenvalue weighted by Crippen LogP contribution is 2.65. The van der Waals surface area contributed by atoms with Crippen LogP contribution in [-0.4, -0.2) is 35.1 Å². The highest BCUT2D eigenvalue weighted by Gasteiger charge is 2.67. The number of ketones is 1. The van der Waals surface area contributed by atoms with Gasteiger partial charge in [0.05, 0.1) is 33.0 Å². The summed E-state index contributed by atoms with van der Waals surface area (Å²) in [4.78, 5) is 64.9. The van der Waals surface area contributed by atoms with Gasteiger partial charge in [-0.2, -0.15) is 0 Å². The Morgan fingerprint density at radius 3 is 2.21 bits per heavy atom. The normalized spacial score (nSPS) is 26.1. The highest BCUT2D eigenvalue weighted by molar-refractivity contribution is 6.32. The molecule has 2 amide bonds. The summed E-state index contributed by atoms with van der Waals surface area (Å²) in [7, 11) is 0. The first kappa shape index (κ1) is 27.0. The molecule has 10 nitrogen and oxygen atoms in total. The second-order valence-corrected chi connectivity index (χ2v) is 11.6. The van der Waals surface area contributed by atoms with Crippen molar-refractivity contribution in [1.82, 2.24) is 0 Å². The van der Waals surface area contributed by atoms with Gasteiger partial charge in [0.25, 0.3) is 0 Å². The van der Waals surface area contributed by atoms with E-state index in [0.29, 0.717) is 11.8 Å². The minimum Gasteiger partial charge on any atom is -0.454 e. The second-order valence-electron chi connectivity index (χ2n) is 11.2. The Bertz CT molecular complexity index is 1720. The fourth-order valence-electron chi connectivity index (χ4n) is 6.90. The maximum absolute atomic E-state index is 13.6. The lowest BCUT2D eigenvalue weighted by atomic mass is 9.63. The van der Waals surface area contributed by atoms with E-state index in [2.05, 4.69) is 12.2 Å². The third-order valence-electron chi connectivity index (χ3n) is 8.90. The van der Waals surface area contributed by atoms with Crippen LogP contribution >= 0.6 is 11.6 Å². The Morgan fingerprint density at radius 2 is 1.56 bits per heavy atom. The van der Waals surface area contributed by atoms with Gasteiger partial charge in [0.1, 0.15) is 5.75 Å². The van der Waals surface area contributed by atoms with Crippen molar-refractivity contribution in [2.45, 2.75) is 6.42 Å². The predicted molar refractivity (Wildman–Crippen MR) is 153 cm³/mol. The number of halogens is 1. The summed E-state index contributed by atoms with van der Waals surface area (Å²) < 4.78 is 10.9. The minimum atomic E-state index is -0.839. The molecular formula is C32H23ClN2O8. The van der Waals surface area contributed by atoms with Gasteiger partial charge in [-0.25, -0.2) is 9.69 Å². The molecule has 216 valence electrons. The summed E-state index contributed by atoms with van der Waals surface area (Å²) >= 11 is 6.07. The Balaban J connectivity index is 1.03.